The highest BCUT2D eigenvalue weighted by Crippen LogP contribution is 2.27. The van der Waals surface area contributed by atoms with E-state index >= 15 is 0 Å². The van der Waals surface area contributed by atoms with Gasteiger partial charge in [-0.3, -0.25) is 0 Å². The second-order valence-corrected chi connectivity index (χ2v) is 5.12. The lowest BCUT2D eigenvalue weighted by Gasteiger charge is -2.31. The Labute approximate surface area is 98.2 Å². The lowest BCUT2D eigenvalue weighted by Crippen LogP contribution is -2.45. The minimum absolute atomic E-state index is 0.213. The third-order valence-electron chi connectivity index (χ3n) is 2.30. The van der Waals surface area contributed by atoms with Crippen molar-refractivity contribution in [1.82, 2.24) is 5.32 Å². The van der Waals surface area contributed by atoms with Gasteiger partial charge in [0.15, 0.2) is 0 Å². The fraction of sp³-hybridized carbons (Fsp3) is 0.455. The van der Waals surface area contributed by atoms with E-state index in [0.717, 1.165) is 4.47 Å². The second-order valence-electron chi connectivity index (χ2n) is 4.21. The third kappa shape index (κ3) is 3.00. The first-order valence-electron chi connectivity index (χ1n) is 4.77. The topological polar surface area (TPSA) is 38.0 Å². The van der Waals surface area contributed by atoms with E-state index in [4.69, 9.17) is 5.73 Å². The molecular formula is C11H16BrFN2. The van der Waals surface area contributed by atoms with Crippen molar-refractivity contribution >= 4 is 15.9 Å². The van der Waals surface area contributed by atoms with Crippen LogP contribution in [0, 0.1) is 5.82 Å². The number of nitrogens with two attached hydrogens (primary N) is 1. The van der Waals surface area contributed by atoms with Gasteiger partial charge in [-0.05, 0) is 39.1 Å². The van der Waals surface area contributed by atoms with Gasteiger partial charge in [0, 0.05) is 15.6 Å². The van der Waals surface area contributed by atoms with Crippen LogP contribution in [0.15, 0.2) is 22.7 Å². The van der Waals surface area contributed by atoms with Gasteiger partial charge in [0.05, 0.1) is 6.04 Å². The quantitative estimate of drug-likeness (QED) is 0.889. The molecule has 0 fully saturated rings. The van der Waals surface area contributed by atoms with Crippen molar-refractivity contribution in [1.29, 1.82) is 0 Å². The van der Waals surface area contributed by atoms with Crippen LogP contribution in [0.3, 0.4) is 0 Å². The van der Waals surface area contributed by atoms with Crippen LogP contribution in [0.25, 0.3) is 0 Å². The molecule has 0 heterocycles. The molecule has 0 aliphatic rings. The van der Waals surface area contributed by atoms with Crippen LogP contribution in [0.2, 0.25) is 0 Å². The summed E-state index contributed by atoms with van der Waals surface area (Å²) in [5, 5.41) is 3.04. The Hall–Kier alpha value is -0.450. The zero-order valence-corrected chi connectivity index (χ0v) is 10.7. The maximum Gasteiger partial charge on any atom is 0.128 e. The average molecular weight is 275 g/mol. The molecule has 0 saturated carbocycles. The van der Waals surface area contributed by atoms with Crippen molar-refractivity contribution < 1.29 is 4.39 Å². The van der Waals surface area contributed by atoms with Crippen molar-refractivity contribution in [2.24, 2.45) is 5.73 Å². The van der Waals surface area contributed by atoms with Crippen LogP contribution in [0.5, 0.6) is 0 Å². The molecule has 1 aromatic carbocycles. The number of rotatable bonds is 3. The Bertz CT molecular complexity index is 347. The summed E-state index contributed by atoms with van der Waals surface area (Å²) in [4.78, 5) is 0. The van der Waals surface area contributed by atoms with Crippen molar-refractivity contribution in [3.8, 4) is 0 Å². The molecule has 2 nitrogen and oxygen atoms in total. The standard InChI is InChI=1S/C11H16BrFN2/c1-11(2,14)10(15-3)8-6-7(12)4-5-9(8)13/h4-6,10,15H,14H2,1-3H3. The first kappa shape index (κ1) is 12.6. The Morgan fingerprint density at radius 1 is 1.47 bits per heavy atom. The van der Waals surface area contributed by atoms with Gasteiger partial charge in [-0.25, -0.2) is 4.39 Å². The van der Waals surface area contributed by atoms with Crippen LogP contribution >= 0.6 is 15.9 Å². The molecule has 15 heavy (non-hydrogen) atoms. The fourth-order valence-corrected chi connectivity index (χ4v) is 2.04. The number of hydrogen-bond acceptors (Lipinski definition) is 2. The number of nitrogens with one attached hydrogen (secondary N) is 1. The van der Waals surface area contributed by atoms with E-state index in [1.165, 1.54) is 6.07 Å². The third-order valence-corrected chi connectivity index (χ3v) is 2.79. The normalized spacial score (nSPS) is 14.0. The van der Waals surface area contributed by atoms with Crippen molar-refractivity contribution in [2.45, 2.75) is 25.4 Å². The van der Waals surface area contributed by atoms with Crippen molar-refractivity contribution in [3.63, 3.8) is 0 Å². The van der Waals surface area contributed by atoms with E-state index in [9.17, 15) is 4.39 Å². The van der Waals surface area contributed by atoms with Crippen LogP contribution in [-0.2, 0) is 0 Å². The van der Waals surface area contributed by atoms with Crippen LogP contribution in [0.4, 0.5) is 4.39 Å². The predicted octanol–water partition coefficient (Wildman–Crippen LogP) is 2.59. The van der Waals surface area contributed by atoms with Gasteiger partial charge in [-0.1, -0.05) is 15.9 Å². The maximum atomic E-state index is 13.6. The molecule has 1 atom stereocenters. The van der Waals surface area contributed by atoms with Gasteiger partial charge in [-0.15, -0.1) is 0 Å². The Balaban J connectivity index is 3.18. The van der Waals surface area contributed by atoms with Gasteiger partial charge >= 0.3 is 0 Å². The van der Waals surface area contributed by atoms with Gasteiger partial charge < -0.3 is 11.1 Å². The highest BCUT2D eigenvalue weighted by molar-refractivity contribution is 9.10. The summed E-state index contributed by atoms with van der Waals surface area (Å²) in [6, 6.07) is 4.66. The molecule has 0 aliphatic heterocycles. The summed E-state index contributed by atoms with van der Waals surface area (Å²) in [6.07, 6.45) is 0. The lowest BCUT2D eigenvalue weighted by molar-refractivity contribution is 0.359. The summed E-state index contributed by atoms with van der Waals surface area (Å²) >= 11 is 3.33. The zero-order valence-electron chi connectivity index (χ0n) is 9.14. The van der Waals surface area contributed by atoms with Gasteiger partial charge in [-0.2, -0.15) is 0 Å². The molecule has 0 bridgehead atoms. The van der Waals surface area contributed by atoms with Crippen molar-refractivity contribution in [2.75, 3.05) is 7.05 Å². The molecule has 1 aromatic rings. The highest BCUT2D eigenvalue weighted by Gasteiger charge is 2.27. The van der Waals surface area contributed by atoms with E-state index in [2.05, 4.69) is 21.2 Å². The SMILES string of the molecule is CNC(c1cc(Br)ccc1F)C(C)(C)N. The smallest absolute Gasteiger partial charge is 0.128 e. The summed E-state index contributed by atoms with van der Waals surface area (Å²) in [7, 11) is 1.78. The molecule has 3 N–H and O–H groups in total. The second kappa shape index (κ2) is 4.60. The molecule has 0 aromatic heterocycles. The summed E-state index contributed by atoms with van der Waals surface area (Å²) in [6.45, 7) is 3.74. The maximum absolute atomic E-state index is 13.6. The number of halogens is 2. The first-order chi connectivity index (χ1) is 6.86. The number of benzene rings is 1. The molecule has 0 aliphatic carbocycles. The molecule has 1 unspecified atom stereocenters. The molecular weight excluding hydrogens is 259 g/mol. The fourth-order valence-electron chi connectivity index (χ4n) is 1.66. The Kier molecular flexibility index (Phi) is 3.87. The summed E-state index contributed by atoms with van der Waals surface area (Å²) < 4.78 is 14.5. The Morgan fingerprint density at radius 2 is 2.07 bits per heavy atom. The molecule has 0 saturated heterocycles. The van der Waals surface area contributed by atoms with Gasteiger partial charge in [0.1, 0.15) is 5.82 Å². The largest absolute Gasteiger partial charge is 0.324 e. The molecule has 0 radical (unpaired) electrons. The van der Waals surface area contributed by atoms with Crippen molar-refractivity contribution in [3.05, 3.63) is 34.1 Å². The number of likely N-dealkylation sites (N-methyl/N-ethyl adjacent to an activating group) is 1. The molecule has 0 spiro atoms. The van der Waals surface area contributed by atoms with E-state index in [-0.39, 0.29) is 11.9 Å². The molecule has 84 valence electrons. The summed E-state index contributed by atoms with van der Waals surface area (Å²) in [5.41, 5.74) is 6.06. The van der Waals surface area contributed by atoms with Gasteiger partial charge in [0.25, 0.3) is 0 Å². The Morgan fingerprint density at radius 3 is 2.53 bits per heavy atom. The van der Waals surface area contributed by atoms with E-state index in [0.29, 0.717) is 5.56 Å². The van der Waals surface area contributed by atoms with E-state index in [1.807, 2.05) is 13.8 Å². The lowest BCUT2D eigenvalue weighted by atomic mass is 9.89. The minimum Gasteiger partial charge on any atom is -0.324 e. The van der Waals surface area contributed by atoms with Gasteiger partial charge in [0.2, 0.25) is 0 Å². The van der Waals surface area contributed by atoms with E-state index in [1.54, 1.807) is 19.2 Å². The minimum atomic E-state index is -0.517. The predicted molar refractivity (Wildman–Crippen MR) is 64.2 cm³/mol. The zero-order chi connectivity index (χ0) is 11.6. The molecule has 0 amide bonds. The van der Waals surface area contributed by atoms with Crippen LogP contribution in [0.1, 0.15) is 25.5 Å². The monoisotopic (exact) mass is 274 g/mol. The van der Waals surface area contributed by atoms with Crippen LogP contribution < -0.4 is 11.1 Å². The number of hydrogen-bond donors (Lipinski definition) is 2. The van der Waals surface area contributed by atoms with Crippen LogP contribution in [-0.4, -0.2) is 12.6 Å². The summed E-state index contributed by atoms with van der Waals surface area (Å²) in [5.74, 6) is -0.240. The molecule has 4 heteroatoms. The average Bonchev–Trinajstić information content (AvgIpc) is 2.10. The van der Waals surface area contributed by atoms with E-state index < -0.39 is 5.54 Å². The highest BCUT2D eigenvalue weighted by atomic mass is 79.9. The molecule has 1 rings (SSSR count). The first-order valence-corrected chi connectivity index (χ1v) is 5.56.